The van der Waals surface area contributed by atoms with Gasteiger partial charge in [0.25, 0.3) is 0 Å². The molecule has 0 unspecified atom stereocenters. The molecule has 0 aromatic heterocycles. The van der Waals surface area contributed by atoms with E-state index in [9.17, 15) is 8.28 Å². The van der Waals surface area contributed by atoms with Gasteiger partial charge in [-0.3, -0.25) is 9.62 Å². The van der Waals surface area contributed by atoms with Crippen LogP contribution in [-0.4, -0.2) is 42.1 Å². The molecule has 33 heavy (non-hydrogen) atoms. The first-order valence-corrected chi connectivity index (χ1v) is 13.3. The van der Waals surface area contributed by atoms with E-state index in [2.05, 4.69) is 26.2 Å². The van der Waals surface area contributed by atoms with Crippen molar-refractivity contribution >= 4 is 52.8 Å². The van der Waals surface area contributed by atoms with Crippen molar-refractivity contribution in [1.29, 1.82) is 0 Å². The Kier molecular flexibility index (Phi) is 10.9. The zero-order valence-corrected chi connectivity index (χ0v) is 21.4. The molecule has 1 fully saturated rings. The van der Waals surface area contributed by atoms with Gasteiger partial charge in [0.2, 0.25) is 0 Å². The lowest BCUT2D eigenvalue weighted by atomic mass is 9.96. The topological polar surface area (TPSA) is 62.9 Å². The van der Waals surface area contributed by atoms with Gasteiger partial charge in [-0.1, -0.05) is 29.8 Å². The molecular weight excluding hydrogens is 506 g/mol. The van der Waals surface area contributed by atoms with Crippen molar-refractivity contribution in [3.8, 4) is 5.75 Å². The second-order valence-corrected chi connectivity index (χ2v) is 10.5. The van der Waals surface area contributed by atoms with Crippen molar-refractivity contribution in [2.45, 2.75) is 35.4 Å². The lowest BCUT2D eigenvalue weighted by Gasteiger charge is -2.39. The molecule has 2 aliphatic heterocycles. The SMILES string of the molecule is CNS/C(N)=N\Sc1ccc2c(c1)OCC[C@@H]2N1CCC(SF)CC1.Fc1ccccc1Cl. The van der Waals surface area contributed by atoms with Gasteiger partial charge < -0.3 is 10.5 Å². The molecule has 2 heterocycles. The van der Waals surface area contributed by atoms with Crippen LogP contribution in [-0.2, 0) is 0 Å². The number of fused-ring (bicyclic) bond motifs is 1. The summed E-state index contributed by atoms with van der Waals surface area (Å²) in [5.41, 5.74) is 7.00. The van der Waals surface area contributed by atoms with E-state index < -0.39 is 0 Å². The van der Waals surface area contributed by atoms with Crippen LogP contribution in [0.2, 0.25) is 5.02 Å². The van der Waals surface area contributed by atoms with Crippen molar-refractivity contribution in [2.24, 2.45) is 10.1 Å². The van der Waals surface area contributed by atoms with Gasteiger partial charge in [-0.2, -0.15) is 8.28 Å². The number of amidine groups is 1. The Morgan fingerprint density at radius 2 is 1.97 bits per heavy atom. The maximum absolute atomic E-state index is 12.8. The maximum Gasteiger partial charge on any atom is 0.181 e. The molecule has 0 aliphatic carbocycles. The van der Waals surface area contributed by atoms with E-state index in [4.69, 9.17) is 22.1 Å². The van der Waals surface area contributed by atoms with E-state index in [0.717, 1.165) is 43.0 Å². The number of likely N-dealkylation sites (tertiary alicyclic amines) is 1. The molecule has 0 spiro atoms. The first-order valence-electron chi connectivity index (χ1n) is 10.5. The van der Waals surface area contributed by atoms with E-state index in [0.29, 0.717) is 30.0 Å². The normalized spacial score (nSPS) is 19.3. The summed E-state index contributed by atoms with van der Waals surface area (Å²) in [6.07, 6.45) is 2.81. The summed E-state index contributed by atoms with van der Waals surface area (Å²) in [7, 11) is 1.81. The van der Waals surface area contributed by atoms with Crippen LogP contribution in [0, 0.1) is 5.82 Å². The van der Waals surface area contributed by atoms with Crippen LogP contribution in [0.15, 0.2) is 51.8 Å². The second-order valence-electron chi connectivity index (χ2n) is 7.42. The van der Waals surface area contributed by atoms with E-state index in [-0.39, 0.29) is 16.1 Å². The third-order valence-corrected chi connectivity index (χ3v) is 7.71. The quantitative estimate of drug-likeness (QED) is 0.267. The number of hydrogen-bond acceptors (Lipinski definition) is 7. The molecule has 2 aliphatic rings. The van der Waals surface area contributed by atoms with Gasteiger partial charge in [-0.15, -0.1) is 0 Å². The van der Waals surface area contributed by atoms with Gasteiger partial charge in [0, 0.05) is 52.3 Å². The molecule has 0 radical (unpaired) electrons. The molecule has 1 saturated heterocycles. The van der Waals surface area contributed by atoms with Crippen LogP contribution >= 0.6 is 47.6 Å². The number of ether oxygens (including phenoxy) is 1. The minimum absolute atomic E-state index is 0.160. The van der Waals surface area contributed by atoms with Gasteiger partial charge in [0.1, 0.15) is 11.6 Å². The van der Waals surface area contributed by atoms with Crippen LogP contribution < -0.4 is 15.2 Å². The van der Waals surface area contributed by atoms with Gasteiger partial charge >= 0.3 is 0 Å². The second kappa shape index (κ2) is 13.7. The third kappa shape index (κ3) is 7.93. The van der Waals surface area contributed by atoms with Crippen molar-refractivity contribution in [3.05, 3.63) is 58.9 Å². The average molecular weight is 533 g/mol. The highest BCUT2D eigenvalue weighted by atomic mass is 35.5. The molecule has 3 N–H and O–H groups in total. The van der Waals surface area contributed by atoms with Gasteiger partial charge in [-0.25, -0.2) is 4.39 Å². The number of nitrogens with one attached hydrogen (secondary N) is 1. The molecule has 0 saturated carbocycles. The summed E-state index contributed by atoms with van der Waals surface area (Å²) in [5, 5.41) is 0.818. The van der Waals surface area contributed by atoms with Gasteiger partial charge in [-0.05, 0) is 69.2 Å². The monoisotopic (exact) mass is 532 g/mol. The predicted octanol–water partition coefficient (Wildman–Crippen LogP) is 6.26. The Balaban J connectivity index is 0.000000323. The Labute approximate surface area is 211 Å². The summed E-state index contributed by atoms with van der Waals surface area (Å²) < 4.78 is 38.0. The predicted molar refractivity (Wildman–Crippen MR) is 138 cm³/mol. The largest absolute Gasteiger partial charge is 0.493 e. The molecular formula is C22H27ClF2N4OS3. The zero-order chi connectivity index (χ0) is 23.6. The summed E-state index contributed by atoms with van der Waals surface area (Å²) in [4.78, 5) is 3.48. The first-order chi connectivity index (χ1) is 16.0. The smallest absolute Gasteiger partial charge is 0.181 e. The van der Waals surface area contributed by atoms with E-state index in [1.807, 2.05) is 6.07 Å². The van der Waals surface area contributed by atoms with Crippen LogP contribution in [0.3, 0.4) is 0 Å². The number of halogens is 3. The fourth-order valence-electron chi connectivity index (χ4n) is 3.72. The highest BCUT2D eigenvalue weighted by Gasteiger charge is 2.30. The number of rotatable bonds is 5. The van der Waals surface area contributed by atoms with Gasteiger partial charge in [0.15, 0.2) is 5.17 Å². The van der Waals surface area contributed by atoms with Crippen LogP contribution in [0.5, 0.6) is 5.75 Å². The van der Waals surface area contributed by atoms with Gasteiger partial charge in [0.05, 0.1) is 11.6 Å². The highest BCUT2D eigenvalue weighted by Crippen LogP contribution is 2.40. The molecule has 11 heteroatoms. The molecule has 2 aromatic rings. The lowest BCUT2D eigenvalue weighted by molar-refractivity contribution is 0.121. The molecule has 0 amide bonds. The van der Waals surface area contributed by atoms with Crippen molar-refractivity contribution in [1.82, 2.24) is 9.62 Å². The fraction of sp³-hybridized carbons (Fsp3) is 0.409. The lowest BCUT2D eigenvalue weighted by Crippen LogP contribution is -2.39. The standard InChI is InChI=1S/C16H23FN4OS3.C6H4ClF/c1-19-25-16(18)20-24-12-2-3-13-14(6-9-22-15(13)10-12)21-7-4-11(23-17)5-8-21;7-5-3-1-2-4-6(5)8/h2-3,10-11,14,19H,4-9H2,1H3,(H2,18,20);1-4H/t14-;/m0./s1. The first kappa shape index (κ1) is 26.4. The number of hydrogen-bond donors (Lipinski definition) is 2. The maximum atomic E-state index is 12.8. The fourth-order valence-corrected chi connectivity index (χ4v) is 5.20. The number of piperidine rings is 1. The van der Waals surface area contributed by atoms with Crippen molar-refractivity contribution in [2.75, 3.05) is 26.7 Å². The Morgan fingerprint density at radius 3 is 2.61 bits per heavy atom. The minimum atomic E-state index is -0.367. The number of nitrogens with zero attached hydrogens (tertiary/aromatic N) is 2. The van der Waals surface area contributed by atoms with E-state index in [1.165, 1.54) is 41.6 Å². The van der Waals surface area contributed by atoms with Crippen LogP contribution in [0.1, 0.15) is 30.9 Å². The van der Waals surface area contributed by atoms with E-state index in [1.54, 1.807) is 19.2 Å². The highest BCUT2D eigenvalue weighted by molar-refractivity contribution is 8.13. The summed E-state index contributed by atoms with van der Waals surface area (Å²) in [6, 6.07) is 12.7. The molecule has 1 atom stereocenters. The van der Waals surface area contributed by atoms with Crippen LogP contribution in [0.25, 0.3) is 0 Å². The van der Waals surface area contributed by atoms with Crippen molar-refractivity contribution in [3.63, 3.8) is 0 Å². The van der Waals surface area contributed by atoms with Crippen LogP contribution in [0.4, 0.5) is 8.28 Å². The average Bonchev–Trinajstić information content (AvgIpc) is 2.85. The number of benzene rings is 2. The summed E-state index contributed by atoms with van der Waals surface area (Å²) >= 11 is 8.48. The molecule has 0 bridgehead atoms. The Hall–Kier alpha value is -1.17. The zero-order valence-electron chi connectivity index (χ0n) is 18.2. The molecule has 2 aromatic carbocycles. The number of nitrogens with two attached hydrogens (primary N) is 1. The Morgan fingerprint density at radius 1 is 1.21 bits per heavy atom. The molecule has 5 nitrogen and oxygen atoms in total. The Bertz CT molecular complexity index is 911. The minimum Gasteiger partial charge on any atom is -0.493 e. The summed E-state index contributed by atoms with van der Waals surface area (Å²) in [6.45, 7) is 2.61. The van der Waals surface area contributed by atoms with Crippen molar-refractivity contribution < 1.29 is 13.0 Å². The molecule has 4 rings (SSSR count). The molecule has 180 valence electrons. The van der Waals surface area contributed by atoms with E-state index >= 15 is 0 Å². The summed E-state index contributed by atoms with van der Waals surface area (Å²) in [5.74, 6) is 0.562. The third-order valence-electron chi connectivity index (χ3n) is 5.31.